The van der Waals surface area contributed by atoms with Crippen molar-refractivity contribution in [2.75, 3.05) is 25.9 Å². The van der Waals surface area contributed by atoms with Crippen LogP contribution in [0.25, 0.3) is 10.4 Å². The first-order valence-corrected chi connectivity index (χ1v) is 17.1. The molecule has 2 aromatic heterocycles. The standard InChI is InChI=1S/C27H30IN4O2PS/c1-32-12-7-21(8-13-32)26-31-17-24(36-26)22-15-23(25(29)30-16-22)33-18-20-5-2-4-19(14-20)6-11-27(34-35-28)9-3-10-27/h2,4-5,14-17,21,35H,3,7-10,12-13,18H2,1H3,(H2,29,30). The summed E-state index contributed by atoms with van der Waals surface area (Å²) in [5.41, 5.74) is 8.89. The van der Waals surface area contributed by atoms with Crippen LogP contribution in [0.5, 0.6) is 5.75 Å². The van der Waals surface area contributed by atoms with Gasteiger partial charge in [0.1, 0.15) is 12.2 Å². The van der Waals surface area contributed by atoms with Gasteiger partial charge in [-0.2, -0.15) is 0 Å². The highest BCUT2D eigenvalue weighted by Crippen LogP contribution is 2.42. The minimum atomic E-state index is -0.253. The van der Waals surface area contributed by atoms with Crippen molar-refractivity contribution < 1.29 is 9.26 Å². The second-order valence-corrected chi connectivity index (χ2v) is 12.3. The van der Waals surface area contributed by atoms with Crippen LogP contribution in [0.3, 0.4) is 0 Å². The maximum atomic E-state index is 6.15. The number of pyridine rings is 1. The zero-order valence-corrected chi connectivity index (χ0v) is 24.3. The summed E-state index contributed by atoms with van der Waals surface area (Å²) >= 11 is 4.02. The lowest BCUT2D eigenvalue weighted by Crippen LogP contribution is -2.35. The number of thiazole rings is 1. The molecule has 36 heavy (non-hydrogen) atoms. The fourth-order valence-corrected chi connectivity index (χ4v) is 7.22. The molecule has 0 spiro atoms. The van der Waals surface area contributed by atoms with E-state index in [0.717, 1.165) is 60.3 Å². The normalized spacial score (nSPS) is 18.1. The predicted octanol–water partition coefficient (Wildman–Crippen LogP) is 6.41. The van der Waals surface area contributed by atoms with Gasteiger partial charge in [0.25, 0.3) is 0 Å². The van der Waals surface area contributed by atoms with Gasteiger partial charge in [0.15, 0.2) is 11.6 Å². The van der Waals surface area contributed by atoms with Crippen molar-refractivity contribution in [2.45, 2.75) is 50.2 Å². The minimum absolute atomic E-state index is 0.253. The predicted molar refractivity (Wildman–Crippen MR) is 157 cm³/mol. The van der Waals surface area contributed by atoms with E-state index < -0.39 is 0 Å². The zero-order valence-electron chi connectivity index (χ0n) is 20.3. The Labute approximate surface area is 231 Å². The summed E-state index contributed by atoms with van der Waals surface area (Å²) in [6.07, 6.45) is 9.29. The first-order valence-electron chi connectivity index (χ1n) is 12.2. The molecule has 2 N–H and O–H groups in total. The molecule has 2 fully saturated rings. The van der Waals surface area contributed by atoms with Gasteiger partial charge in [-0.25, -0.2) is 9.97 Å². The maximum Gasteiger partial charge on any atom is 0.166 e. The van der Waals surface area contributed by atoms with E-state index in [4.69, 9.17) is 20.0 Å². The van der Waals surface area contributed by atoms with Crippen LogP contribution in [0, 0.1) is 11.8 Å². The number of nitrogens with two attached hydrogens (primary N) is 1. The van der Waals surface area contributed by atoms with E-state index in [2.05, 4.69) is 56.9 Å². The molecule has 1 saturated carbocycles. The first kappa shape index (κ1) is 25.9. The molecule has 0 radical (unpaired) electrons. The van der Waals surface area contributed by atoms with Crippen molar-refractivity contribution in [2.24, 2.45) is 0 Å². The number of aromatic nitrogens is 2. The van der Waals surface area contributed by atoms with Crippen molar-refractivity contribution in [3.63, 3.8) is 0 Å². The van der Waals surface area contributed by atoms with E-state index in [-0.39, 0.29) is 5.60 Å². The van der Waals surface area contributed by atoms with Crippen molar-refractivity contribution in [3.8, 4) is 28.0 Å². The molecule has 3 aromatic rings. The summed E-state index contributed by atoms with van der Waals surface area (Å²) in [7, 11) is 2.18. The molecule has 1 unspecified atom stereocenters. The second-order valence-electron chi connectivity index (χ2n) is 9.51. The van der Waals surface area contributed by atoms with Crippen LogP contribution in [0.4, 0.5) is 5.82 Å². The third-order valence-electron chi connectivity index (χ3n) is 6.91. The molecule has 9 heteroatoms. The van der Waals surface area contributed by atoms with Crippen molar-refractivity contribution in [1.29, 1.82) is 0 Å². The van der Waals surface area contributed by atoms with E-state index >= 15 is 0 Å². The number of rotatable bonds is 7. The van der Waals surface area contributed by atoms with Gasteiger partial charge in [0.2, 0.25) is 0 Å². The number of nitrogen functional groups attached to an aromatic ring is 1. The lowest BCUT2D eigenvalue weighted by atomic mass is 9.81. The zero-order chi connectivity index (χ0) is 25.0. The van der Waals surface area contributed by atoms with Crippen LogP contribution >= 0.6 is 39.8 Å². The molecule has 0 amide bonds. The summed E-state index contributed by atoms with van der Waals surface area (Å²) in [6, 6.07) is 10.1. The topological polar surface area (TPSA) is 73.5 Å². The summed E-state index contributed by atoms with van der Waals surface area (Å²) < 4.78 is 12.0. The van der Waals surface area contributed by atoms with Gasteiger partial charge in [-0.05, 0) is 98.0 Å². The van der Waals surface area contributed by atoms with Gasteiger partial charge < -0.3 is 19.9 Å². The smallest absolute Gasteiger partial charge is 0.166 e. The highest BCUT2D eigenvalue weighted by atomic mass is 127. The van der Waals surface area contributed by atoms with Crippen LogP contribution in [-0.2, 0) is 11.1 Å². The average Bonchev–Trinajstić information content (AvgIpc) is 3.36. The molecular formula is C27H30IN4O2PS. The highest BCUT2D eigenvalue weighted by molar-refractivity contribution is 14.2. The van der Waals surface area contributed by atoms with Gasteiger partial charge in [-0.15, -0.1) is 11.3 Å². The number of anilines is 1. The number of benzene rings is 1. The van der Waals surface area contributed by atoms with E-state index in [1.165, 1.54) is 11.4 Å². The maximum absolute atomic E-state index is 6.15. The van der Waals surface area contributed by atoms with Crippen LogP contribution in [-0.4, -0.2) is 40.6 Å². The molecule has 6 nitrogen and oxygen atoms in total. The Bertz CT molecular complexity index is 1260. The second kappa shape index (κ2) is 11.7. The Morgan fingerprint density at radius 3 is 2.81 bits per heavy atom. The Hall–Kier alpha value is -1.76. The fourth-order valence-electron chi connectivity index (χ4n) is 4.48. The monoisotopic (exact) mass is 632 g/mol. The molecule has 188 valence electrons. The number of likely N-dealkylation sites (tertiary alicyclic amines) is 1. The molecule has 3 heterocycles. The van der Waals surface area contributed by atoms with Gasteiger partial charge in [-0.3, -0.25) is 0 Å². The molecule has 2 aliphatic rings. The lowest BCUT2D eigenvalue weighted by molar-refractivity contribution is 0.0707. The van der Waals surface area contributed by atoms with Crippen LogP contribution in [0.2, 0.25) is 0 Å². The molecule has 1 aliphatic carbocycles. The SMILES string of the molecule is CN1CCC(c2ncc(-c3cnc(N)c(OCc4cccc(C#CC5(OPI)CCC5)c4)c3)s2)CC1. The van der Waals surface area contributed by atoms with Gasteiger partial charge in [0.05, 0.1) is 16.3 Å². The average molecular weight is 633 g/mol. The molecule has 5 rings (SSSR count). The third-order valence-corrected chi connectivity index (χ3v) is 9.25. The molecule has 1 aliphatic heterocycles. The van der Waals surface area contributed by atoms with Gasteiger partial charge in [0, 0.05) is 29.4 Å². The molecule has 1 atom stereocenters. The van der Waals surface area contributed by atoms with E-state index in [1.54, 1.807) is 17.5 Å². The Morgan fingerprint density at radius 2 is 2.06 bits per heavy atom. The number of ether oxygens (including phenoxy) is 1. The number of hydrogen-bond acceptors (Lipinski definition) is 7. The third kappa shape index (κ3) is 6.20. The first-order chi connectivity index (χ1) is 17.5. The Kier molecular flexibility index (Phi) is 8.44. The Balaban J connectivity index is 1.26. The molecule has 0 bridgehead atoms. The summed E-state index contributed by atoms with van der Waals surface area (Å²) in [4.78, 5) is 12.6. The van der Waals surface area contributed by atoms with E-state index in [9.17, 15) is 0 Å². The van der Waals surface area contributed by atoms with E-state index in [1.807, 2.05) is 30.5 Å². The van der Waals surface area contributed by atoms with Crippen LogP contribution in [0.1, 0.15) is 54.2 Å². The summed E-state index contributed by atoms with van der Waals surface area (Å²) in [5.74, 6) is 8.19. The van der Waals surface area contributed by atoms with Crippen LogP contribution < -0.4 is 10.5 Å². The summed E-state index contributed by atoms with van der Waals surface area (Å²) in [6.45, 7) is 3.08. The highest BCUT2D eigenvalue weighted by Gasteiger charge is 2.36. The Morgan fingerprint density at radius 1 is 1.22 bits per heavy atom. The number of piperidine rings is 1. The van der Waals surface area contributed by atoms with Crippen molar-refractivity contribution in [1.82, 2.24) is 14.9 Å². The summed E-state index contributed by atoms with van der Waals surface area (Å²) in [5, 5.41) is 1.21. The molecule has 1 aromatic carbocycles. The van der Waals surface area contributed by atoms with Crippen LogP contribution in [0.15, 0.2) is 42.7 Å². The van der Waals surface area contributed by atoms with Crippen molar-refractivity contribution in [3.05, 3.63) is 58.9 Å². The lowest BCUT2D eigenvalue weighted by Gasteiger charge is -2.35. The number of nitrogens with zero attached hydrogens (tertiary/aromatic N) is 3. The van der Waals surface area contributed by atoms with Gasteiger partial charge >= 0.3 is 0 Å². The van der Waals surface area contributed by atoms with E-state index in [0.29, 0.717) is 30.5 Å². The quantitative estimate of drug-likeness (QED) is 0.185. The number of hydrogen-bond donors (Lipinski definition) is 1. The fraction of sp³-hybridized carbons (Fsp3) is 0.407. The molecule has 1 saturated heterocycles. The largest absolute Gasteiger partial charge is 0.485 e. The van der Waals surface area contributed by atoms with Gasteiger partial charge in [-0.1, -0.05) is 24.0 Å². The van der Waals surface area contributed by atoms with Crippen molar-refractivity contribution >= 4 is 45.6 Å². The molecular weight excluding hydrogens is 602 g/mol. The number of halogens is 1. The minimum Gasteiger partial charge on any atom is -0.485 e.